The van der Waals surface area contributed by atoms with Crippen molar-refractivity contribution in [3.8, 4) is 11.5 Å². The summed E-state index contributed by atoms with van der Waals surface area (Å²) in [4.78, 5) is 20.6. The van der Waals surface area contributed by atoms with Gasteiger partial charge in [0.15, 0.2) is 5.82 Å². The maximum Gasteiger partial charge on any atom is 0.251 e. The van der Waals surface area contributed by atoms with Gasteiger partial charge in [0.25, 0.3) is 5.91 Å². The minimum atomic E-state index is -0.0257. The highest BCUT2D eigenvalue weighted by Crippen LogP contribution is 2.26. The first-order chi connectivity index (χ1) is 13.8. The lowest BCUT2D eigenvalue weighted by Crippen LogP contribution is -2.30. The van der Waals surface area contributed by atoms with E-state index in [1.807, 2.05) is 42.5 Å². The SMILES string of the molecule is O=C(NCC1CCCCC1)c1ccc2[nH]c(-c3n[nH]c4ccccc34)nc2c1. The van der Waals surface area contributed by atoms with Crippen LogP contribution in [-0.2, 0) is 0 Å². The summed E-state index contributed by atoms with van der Waals surface area (Å²) in [7, 11) is 0. The van der Waals surface area contributed by atoms with Gasteiger partial charge in [-0.2, -0.15) is 5.10 Å². The first-order valence-electron chi connectivity index (χ1n) is 9.99. The zero-order chi connectivity index (χ0) is 18.9. The molecule has 2 aromatic heterocycles. The number of nitrogens with zero attached hydrogens (tertiary/aromatic N) is 2. The van der Waals surface area contributed by atoms with Gasteiger partial charge in [-0.05, 0) is 43.0 Å². The largest absolute Gasteiger partial charge is 0.352 e. The van der Waals surface area contributed by atoms with Crippen molar-refractivity contribution in [2.45, 2.75) is 32.1 Å². The van der Waals surface area contributed by atoms with Gasteiger partial charge in [-0.1, -0.05) is 37.5 Å². The third-order valence-electron chi connectivity index (χ3n) is 5.72. The molecule has 1 amide bonds. The Morgan fingerprint density at radius 1 is 1.07 bits per heavy atom. The van der Waals surface area contributed by atoms with Crippen LogP contribution in [0.5, 0.6) is 0 Å². The second kappa shape index (κ2) is 7.11. The number of nitrogens with one attached hydrogen (secondary N) is 3. The summed E-state index contributed by atoms with van der Waals surface area (Å²) in [5, 5.41) is 11.6. The van der Waals surface area contributed by atoms with Gasteiger partial charge in [0.05, 0.1) is 16.6 Å². The molecule has 5 rings (SSSR count). The lowest BCUT2D eigenvalue weighted by molar-refractivity contribution is 0.0943. The number of aromatic amines is 2. The molecule has 0 bridgehead atoms. The number of rotatable bonds is 4. The normalized spacial score (nSPS) is 15.3. The number of carbonyl (C=O) groups is 1. The molecule has 1 saturated carbocycles. The molecular formula is C22H23N5O. The molecule has 3 N–H and O–H groups in total. The average Bonchev–Trinajstić information content (AvgIpc) is 3.36. The molecule has 1 aliphatic rings. The standard InChI is InChI=1S/C22H23N5O/c28-22(23-13-14-6-2-1-3-7-14)15-10-11-18-19(12-15)25-21(24-18)20-16-8-4-5-9-17(16)26-27-20/h4-5,8-12,14H,1-3,6-7,13H2,(H,23,28)(H,24,25)(H,26,27). The van der Waals surface area contributed by atoms with Crippen LogP contribution in [0.3, 0.4) is 0 Å². The fourth-order valence-corrected chi connectivity index (χ4v) is 4.13. The summed E-state index contributed by atoms with van der Waals surface area (Å²) < 4.78 is 0. The van der Waals surface area contributed by atoms with Crippen LogP contribution in [0, 0.1) is 5.92 Å². The summed E-state index contributed by atoms with van der Waals surface area (Å²) in [5.41, 5.74) is 4.07. The highest BCUT2D eigenvalue weighted by molar-refractivity contribution is 5.98. The molecule has 2 heterocycles. The molecule has 0 radical (unpaired) electrons. The number of benzene rings is 2. The van der Waals surface area contributed by atoms with E-state index >= 15 is 0 Å². The molecule has 1 aliphatic carbocycles. The zero-order valence-electron chi connectivity index (χ0n) is 15.7. The van der Waals surface area contributed by atoms with E-state index in [1.165, 1.54) is 32.1 Å². The van der Waals surface area contributed by atoms with Gasteiger partial charge in [0.2, 0.25) is 0 Å². The fourth-order valence-electron chi connectivity index (χ4n) is 4.13. The molecule has 0 unspecified atom stereocenters. The molecule has 0 saturated heterocycles. The van der Waals surface area contributed by atoms with Crippen LogP contribution < -0.4 is 5.32 Å². The van der Waals surface area contributed by atoms with Crippen molar-refractivity contribution in [1.82, 2.24) is 25.5 Å². The Hall–Kier alpha value is -3.15. The maximum atomic E-state index is 12.6. The topological polar surface area (TPSA) is 86.5 Å². The van der Waals surface area contributed by atoms with Gasteiger partial charge < -0.3 is 10.3 Å². The van der Waals surface area contributed by atoms with Crippen LogP contribution in [0.2, 0.25) is 0 Å². The van der Waals surface area contributed by atoms with Gasteiger partial charge >= 0.3 is 0 Å². The van der Waals surface area contributed by atoms with Crippen molar-refractivity contribution in [2.24, 2.45) is 5.92 Å². The summed E-state index contributed by atoms with van der Waals surface area (Å²) in [6.45, 7) is 0.766. The number of amides is 1. The number of hydrogen-bond donors (Lipinski definition) is 3. The Kier molecular flexibility index (Phi) is 4.31. The molecule has 6 heteroatoms. The van der Waals surface area contributed by atoms with Crippen LogP contribution in [-0.4, -0.2) is 32.6 Å². The van der Waals surface area contributed by atoms with Gasteiger partial charge in [0, 0.05) is 17.5 Å². The highest BCUT2D eigenvalue weighted by Gasteiger charge is 2.16. The van der Waals surface area contributed by atoms with E-state index in [-0.39, 0.29) is 5.91 Å². The van der Waals surface area contributed by atoms with E-state index in [1.54, 1.807) is 0 Å². The highest BCUT2D eigenvalue weighted by atomic mass is 16.1. The van der Waals surface area contributed by atoms with E-state index in [0.717, 1.165) is 34.2 Å². The monoisotopic (exact) mass is 373 g/mol. The second-order valence-electron chi connectivity index (χ2n) is 7.65. The summed E-state index contributed by atoms with van der Waals surface area (Å²) in [6, 6.07) is 13.6. The predicted octanol–water partition coefficient (Wildman–Crippen LogP) is 4.42. The minimum Gasteiger partial charge on any atom is -0.352 e. The summed E-state index contributed by atoms with van der Waals surface area (Å²) >= 11 is 0. The molecule has 28 heavy (non-hydrogen) atoms. The van der Waals surface area contributed by atoms with Gasteiger partial charge in [-0.3, -0.25) is 9.89 Å². The Morgan fingerprint density at radius 3 is 2.82 bits per heavy atom. The van der Waals surface area contributed by atoms with Crippen molar-refractivity contribution < 1.29 is 4.79 Å². The van der Waals surface area contributed by atoms with Crippen molar-refractivity contribution >= 4 is 27.8 Å². The first-order valence-corrected chi connectivity index (χ1v) is 9.99. The maximum absolute atomic E-state index is 12.6. The Bertz CT molecular complexity index is 1140. The quantitative estimate of drug-likeness (QED) is 0.495. The third kappa shape index (κ3) is 3.15. The van der Waals surface area contributed by atoms with E-state index in [9.17, 15) is 4.79 Å². The van der Waals surface area contributed by atoms with Crippen LogP contribution in [0.15, 0.2) is 42.5 Å². The van der Waals surface area contributed by atoms with Gasteiger partial charge in [0.1, 0.15) is 5.69 Å². The first kappa shape index (κ1) is 17.0. The Labute approximate surface area is 162 Å². The van der Waals surface area contributed by atoms with Crippen molar-refractivity contribution in [1.29, 1.82) is 0 Å². The number of carbonyl (C=O) groups excluding carboxylic acids is 1. The fraction of sp³-hybridized carbons (Fsp3) is 0.318. The van der Waals surface area contributed by atoms with E-state index in [4.69, 9.17) is 0 Å². The molecule has 4 aromatic rings. The van der Waals surface area contributed by atoms with E-state index in [0.29, 0.717) is 17.3 Å². The van der Waals surface area contributed by atoms with Crippen LogP contribution in [0.1, 0.15) is 42.5 Å². The molecule has 0 atom stereocenters. The second-order valence-corrected chi connectivity index (χ2v) is 7.65. The Balaban J connectivity index is 1.38. The lowest BCUT2D eigenvalue weighted by atomic mass is 9.89. The molecule has 6 nitrogen and oxygen atoms in total. The minimum absolute atomic E-state index is 0.0257. The Morgan fingerprint density at radius 2 is 1.93 bits per heavy atom. The number of aromatic nitrogens is 4. The van der Waals surface area contributed by atoms with Crippen molar-refractivity contribution in [3.63, 3.8) is 0 Å². The number of para-hydroxylation sites is 1. The van der Waals surface area contributed by atoms with Crippen LogP contribution in [0.25, 0.3) is 33.5 Å². The number of imidazole rings is 1. The summed E-state index contributed by atoms with van der Waals surface area (Å²) in [6.07, 6.45) is 6.34. The number of hydrogen-bond acceptors (Lipinski definition) is 3. The van der Waals surface area contributed by atoms with Crippen LogP contribution in [0.4, 0.5) is 0 Å². The molecule has 0 spiro atoms. The molecule has 2 aromatic carbocycles. The third-order valence-corrected chi connectivity index (χ3v) is 5.72. The zero-order valence-corrected chi connectivity index (χ0v) is 15.7. The van der Waals surface area contributed by atoms with Gasteiger partial charge in [-0.15, -0.1) is 0 Å². The molecular weight excluding hydrogens is 350 g/mol. The number of fused-ring (bicyclic) bond motifs is 2. The number of H-pyrrole nitrogens is 2. The van der Waals surface area contributed by atoms with Gasteiger partial charge in [-0.25, -0.2) is 4.98 Å². The molecule has 1 fully saturated rings. The van der Waals surface area contributed by atoms with E-state index < -0.39 is 0 Å². The molecule has 0 aliphatic heterocycles. The molecule has 142 valence electrons. The van der Waals surface area contributed by atoms with E-state index in [2.05, 4.69) is 25.5 Å². The average molecular weight is 373 g/mol. The predicted molar refractivity (Wildman–Crippen MR) is 110 cm³/mol. The lowest BCUT2D eigenvalue weighted by Gasteiger charge is -2.21. The van der Waals surface area contributed by atoms with Crippen LogP contribution >= 0.6 is 0 Å². The van der Waals surface area contributed by atoms with Crippen molar-refractivity contribution in [2.75, 3.05) is 6.54 Å². The summed E-state index contributed by atoms with van der Waals surface area (Å²) in [5.74, 6) is 1.29. The smallest absolute Gasteiger partial charge is 0.251 e. The van der Waals surface area contributed by atoms with Crippen molar-refractivity contribution in [3.05, 3.63) is 48.0 Å².